The number of oxime groups is 1. The number of carbonyl (C=O) groups excluding carboxylic acids is 2. The standard InChI is InChI=1S/C22H26N2O6S/c1-14-13-31(27,28)20-17(11-15(2)23-29-12-16-9-7-6-8-10-16)19(25)24(20)18(14)21(26)30-22(3,4)5/h6-11,20H,12-13H2,1-5H3/b17-11-,23-15+. The van der Waals surface area contributed by atoms with E-state index in [1.807, 2.05) is 30.3 Å². The molecule has 2 aliphatic rings. The fraction of sp³-hybridized carbons (Fsp3) is 0.409. The van der Waals surface area contributed by atoms with Crippen molar-refractivity contribution in [1.29, 1.82) is 0 Å². The van der Waals surface area contributed by atoms with Gasteiger partial charge in [0.15, 0.2) is 15.2 Å². The van der Waals surface area contributed by atoms with Gasteiger partial charge in [-0.3, -0.25) is 9.69 Å². The Morgan fingerprint density at radius 1 is 1.26 bits per heavy atom. The molecule has 3 rings (SSSR count). The Bertz CT molecular complexity index is 1090. The lowest BCUT2D eigenvalue weighted by Crippen LogP contribution is -2.62. The van der Waals surface area contributed by atoms with Gasteiger partial charge in [-0.1, -0.05) is 35.5 Å². The number of allylic oxidation sites excluding steroid dienone is 1. The molecule has 8 nitrogen and oxygen atoms in total. The van der Waals surface area contributed by atoms with Crippen molar-refractivity contribution in [2.24, 2.45) is 5.16 Å². The fourth-order valence-corrected chi connectivity index (χ4v) is 5.39. The van der Waals surface area contributed by atoms with Gasteiger partial charge in [0.2, 0.25) is 0 Å². The molecule has 0 aliphatic carbocycles. The van der Waals surface area contributed by atoms with E-state index in [4.69, 9.17) is 9.57 Å². The second-order valence-corrected chi connectivity index (χ2v) is 10.6. The van der Waals surface area contributed by atoms with E-state index in [-0.39, 0.29) is 29.2 Å². The van der Waals surface area contributed by atoms with Crippen molar-refractivity contribution in [2.75, 3.05) is 5.75 Å². The second kappa shape index (κ2) is 8.30. The van der Waals surface area contributed by atoms with E-state index in [2.05, 4.69) is 5.16 Å². The summed E-state index contributed by atoms with van der Waals surface area (Å²) in [5.41, 5.74) is 0.830. The van der Waals surface area contributed by atoms with Crippen LogP contribution in [0.25, 0.3) is 0 Å². The lowest BCUT2D eigenvalue weighted by Gasteiger charge is -2.45. The number of rotatable bonds is 5. The molecule has 0 aromatic heterocycles. The highest BCUT2D eigenvalue weighted by atomic mass is 32.2. The van der Waals surface area contributed by atoms with E-state index >= 15 is 0 Å². The molecule has 1 aromatic rings. The van der Waals surface area contributed by atoms with Crippen LogP contribution in [0.2, 0.25) is 0 Å². The number of benzene rings is 1. The molecule has 0 bridgehead atoms. The van der Waals surface area contributed by atoms with Gasteiger partial charge in [-0.05, 0) is 51.8 Å². The summed E-state index contributed by atoms with van der Waals surface area (Å²) in [5, 5.41) is 2.72. The molecule has 1 saturated heterocycles. The molecule has 0 radical (unpaired) electrons. The Balaban J connectivity index is 1.82. The van der Waals surface area contributed by atoms with E-state index in [1.54, 1.807) is 27.7 Å². The van der Waals surface area contributed by atoms with E-state index in [0.29, 0.717) is 5.71 Å². The number of esters is 1. The minimum atomic E-state index is -3.70. The Morgan fingerprint density at radius 2 is 1.90 bits per heavy atom. The largest absolute Gasteiger partial charge is 0.455 e. The number of fused-ring (bicyclic) bond motifs is 1. The third-order valence-corrected chi connectivity index (χ3v) is 6.59. The van der Waals surface area contributed by atoms with Crippen LogP contribution in [0, 0.1) is 0 Å². The van der Waals surface area contributed by atoms with Crippen LogP contribution in [0.1, 0.15) is 40.2 Å². The number of hydrogen-bond acceptors (Lipinski definition) is 7. The molecule has 166 valence electrons. The van der Waals surface area contributed by atoms with Gasteiger partial charge < -0.3 is 9.57 Å². The normalized spacial score (nSPS) is 22.2. The van der Waals surface area contributed by atoms with Crippen molar-refractivity contribution < 1.29 is 27.6 Å². The highest BCUT2D eigenvalue weighted by Crippen LogP contribution is 2.40. The highest BCUT2D eigenvalue weighted by Gasteiger charge is 2.56. The van der Waals surface area contributed by atoms with Crippen LogP contribution in [0.5, 0.6) is 0 Å². The zero-order valence-electron chi connectivity index (χ0n) is 18.2. The molecule has 0 saturated carbocycles. The summed E-state index contributed by atoms with van der Waals surface area (Å²) in [6.07, 6.45) is 1.39. The number of ether oxygens (including phenoxy) is 1. The number of sulfone groups is 1. The molecule has 2 aliphatic heterocycles. The Kier molecular flexibility index (Phi) is 6.09. The first-order valence-electron chi connectivity index (χ1n) is 9.81. The quantitative estimate of drug-likeness (QED) is 0.227. The van der Waals surface area contributed by atoms with Crippen LogP contribution in [-0.4, -0.2) is 47.6 Å². The molecule has 1 aromatic carbocycles. The van der Waals surface area contributed by atoms with Crippen molar-refractivity contribution in [1.82, 2.24) is 4.90 Å². The predicted molar refractivity (Wildman–Crippen MR) is 115 cm³/mol. The first-order chi connectivity index (χ1) is 14.4. The number of carbonyl (C=O) groups is 2. The topological polar surface area (TPSA) is 102 Å². The third kappa shape index (κ3) is 4.87. The number of β-lactam (4-membered cyclic amide) rings is 1. The van der Waals surface area contributed by atoms with Gasteiger partial charge in [0.05, 0.1) is 17.0 Å². The maximum Gasteiger partial charge on any atom is 0.355 e. The Morgan fingerprint density at radius 3 is 2.52 bits per heavy atom. The summed E-state index contributed by atoms with van der Waals surface area (Å²) < 4.78 is 30.9. The summed E-state index contributed by atoms with van der Waals surface area (Å²) in [5.74, 6) is -1.60. The van der Waals surface area contributed by atoms with E-state index in [0.717, 1.165) is 10.5 Å². The molecule has 1 amide bonds. The van der Waals surface area contributed by atoms with Crippen LogP contribution in [-0.2, 0) is 35.6 Å². The molecular formula is C22H26N2O6S. The average Bonchev–Trinajstić information content (AvgIpc) is 2.64. The zero-order valence-corrected chi connectivity index (χ0v) is 19.0. The molecule has 1 fully saturated rings. The lowest BCUT2D eigenvalue weighted by atomic mass is 10.0. The van der Waals surface area contributed by atoms with Crippen molar-refractivity contribution in [3.05, 3.63) is 58.8 Å². The molecule has 0 spiro atoms. The van der Waals surface area contributed by atoms with Crippen molar-refractivity contribution >= 4 is 27.4 Å². The minimum Gasteiger partial charge on any atom is -0.455 e. The van der Waals surface area contributed by atoms with Gasteiger partial charge in [-0.25, -0.2) is 13.2 Å². The lowest BCUT2D eigenvalue weighted by molar-refractivity contribution is -0.155. The first-order valence-corrected chi connectivity index (χ1v) is 11.5. The summed E-state index contributed by atoms with van der Waals surface area (Å²) >= 11 is 0. The molecular weight excluding hydrogens is 420 g/mol. The Hall–Kier alpha value is -2.94. The van der Waals surface area contributed by atoms with Crippen molar-refractivity contribution in [3.8, 4) is 0 Å². The minimum absolute atomic E-state index is 0.00757. The SMILES string of the molecule is CC1=C(C(=O)OC(C)(C)C)N2C(=O)/C(=C/C(C)=N/OCc3ccccc3)C2S(=O)(=O)C1. The number of hydrogen-bond donors (Lipinski definition) is 0. The maximum absolute atomic E-state index is 12.8. The van der Waals surface area contributed by atoms with Gasteiger partial charge in [-0.2, -0.15) is 0 Å². The fourth-order valence-electron chi connectivity index (χ4n) is 3.42. The van der Waals surface area contributed by atoms with E-state index in [9.17, 15) is 18.0 Å². The van der Waals surface area contributed by atoms with Gasteiger partial charge in [0, 0.05) is 0 Å². The molecule has 9 heteroatoms. The average molecular weight is 447 g/mol. The molecule has 1 unspecified atom stereocenters. The van der Waals surface area contributed by atoms with Crippen LogP contribution in [0.3, 0.4) is 0 Å². The van der Waals surface area contributed by atoms with Gasteiger partial charge >= 0.3 is 5.97 Å². The summed E-state index contributed by atoms with van der Waals surface area (Å²) in [6.45, 7) is 8.49. The summed E-state index contributed by atoms with van der Waals surface area (Å²) in [6, 6.07) is 9.42. The third-order valence-electron chi connectivity index (χ3n) is 4.61. The maximum atomic E-state index is 12.8. The first kappa shape index (κ1) is 22.7. The van der Waals surface area contributed by atoms with E-state index < -0.39 is 32.7 Å². The van der Waals surface area contributed by atoms with Crippen molar-refractivity contribution in [2.45, 2.75) is 52.2 Å². The number of nitrogens with zero attached hydrogens (tertiary/aromatic N) is 2. The van der Waals surface area contributed by atoms with Crippen molar-refractivity contribution in [3.63, 3.8) is 0 Å². The van der Waals surface area contributed by atoms with E-state index in [1.165, 1.54) is 13.0 Å². The summed E-state index contributed by atoms with van der Waals surface area (Å²) in [7, 11) is -3.70. The monoisotopic (exact) mass is 446 g/mol. The van der Waals surface area contributed by atoms with Crippen LogP contribution in [0.15, 0.2) is 58.4 Å². The predicted octanol–water partition coefficient (Wildman–Crippen LogP) is 2.72. The smallest absolute Gasteiger partial charge is 0.355 e. The van der Waals surface area contributed by atoms with Crippen LogP contribution in [0.4, 0.5) is 0 Å². The Labute approximate surface area is 182 Å². The van der Waals surface area contributed by atoms with Crippen LogP contribution >= 0.6 is 0 Å². The van der Waals surface area contributed by atoms with Gasteiger partial charge in [0.25, 0.3) is 5.91 Å². The highest BCUT2D eigenvalue weighted by molar-refractivity contribution is 7.92. The molecule has 1 atom stereocenters. The van der Waals surface area contributed by atoms with Gasteiger partial charge in [-0.15, -0.1) is 0 Å². The van der Waals surface area contributed by atoms with Gasteiger partial charge in [0.1, 0.15) is 17.9 Å². The molecule has 0 N–H and O–H groups in total. The number of amides is 1. The summed E-state index contributed by atoms with van der Waals surface area (Å²) in [4.78, 5) is 31.7. The molecule has 31 heavy (non-hydrogen) atoms. The van der Waals surface area contributed by atoms with Crippen LogP contribution < -0.4 is 0 Å². The zero-order chi connectivity index (χ0) is 23.0. The second-order valence-electron chi connectivity index (χ2n) is 8.56. The molecule has 2 heterocycles.